The van der Waals surface area contributed by atoms with E-state index >= 15 is 0 Å². The van der Waals surface area contributed by atoms with Crippen LogP contribution in [0.1, 0.15) is 27.4 Å². The Morgan fingerprint density at radius 1 is 1.26 bits per heavy atom. The third kappa shape index (κ3) is 3.73. The van der Waals surface area contributed by atoms with E-state index in [-0.39, 0.29) is 18.7 Å². The number of furan rings is 1. The predicted molar refractivity (Wildman–Crippen MR) is 63.9 cm³/mol. The Bertz CT molecular complexity index is 466. The molecule has 0 atom stereocenters. The molecule has 1 aromatic heterocycles. The summed E-state index contributed by atoms with van der Waals surface area (Å²) >= 11 is 0. The van der Waals surface area contributed by atoms with Gasteiger partial charge in [-0.25, -0.2) is 0 Å². The van der Waals surface area contributed by atoms with Crippen LogP contribution in [0, 0.1) is 20.8 Å². The summed E-state index contributed by atoms with van der Waals surface area (Å²) in [6.07, 6.45) is -4.45. The molecule has 0 radical (unpaired) electrons. The molecule has 0 saturated heterocycles. The highest BCUT2D eigenvalue weighted by Crippen LogP contribution is 2.24. The van der Waals surface area contributed by atoms with Gasteiger partial charge in [0.1, 0.15) is 18.1 Å². The summed E-state index contributed by atoms with van der Waals surface area (Å²) in [4.78, 5) is 12.9. The van der Waals surface area contributed by atoms with Gasteiger partial charge in [0, 0.05) is 18.7 Å². The Hall–Kier alpha value is -1.50. The summed E-state index contributed by atoms with van der Waals surface area (Å²) in [7, 11) is 0. The Morgan fingerprint density at radius 3 is 2.21 bits per heavy atom. The van der Waals surface area contributed by atoms with E-state index < -0.39 is 18.6 Å². The Morgan fingerprint density at radius 2 is 1.84 bits per heavy atom. The third-order valence-electron chi connectivity index (χ3n) is 2.83. The lowest BCUT2D eigenvalue weighted by Gasteiger charge is -2.23. The maximum Gasteiger partial charge on any atom is 0.406 e. The molecular weight excluding hydrogens is 261 g/mol. The van der Waals surface area contributed by atoms with Crippen molar-refractivity contribution in [2.75, 3.05) is 19.6 Å². The van der Waals surface area contributed by atoms with Crippen molar-refractivity contribution in [3.05, 3.63) is 22.6 Å². The van der Waals surface area contributed by atoms with Gasteiger partial charge in [-0.05, 0) is 20.8 Å². The molecule has 0 aliphatic heterocycles. The molecule has 1 amide bonds. The van der Waals surface area contributed by atoms with E-state index in [2.05, 4.69) is 0 Å². The summed E-state index contributed by atoms with van der Waals surface area (Å²) < 4.78 is 42.6. The van der Waals surface area contributed by atoms with E-state index in [9.17, 15) is 18.0 Å². The zero-order valence-corrected chi connectivity index (χ0v) is 11.1. The fraction of sp³-hybridized carbons (Fsp3) is 0.583. The highest BCUT2D eigenvalue weighted by Gasteiger charge is 2.34. The average molecular weight is 278 g/mol. The number of amides is 1. The Kier molecular flexibility index (Phi) is 4.62. The maximum absolute atomic E-state index is 12.5. The smallest absolute Gasteiger partial charge is 0.406 e. The Balaban J connectivity index is 3.06. The van der Waals surface area contributed by atoms with Gasteiger partial charge < -0.3 is 15.1 Å². The molecule has 4 nitrogen and oxygen atoms in total. The molecule has 0 saturated carbocycles. The van der Waals surface area contributed by atoms with Crippen LogP contribution in [0.15, 0.2) is 4.42 Å². The number of halogens is 3. The molecule has 1 aromatic rings. The van der Waals surface area contributed by atoms with E-state index in [1.165, 1.54) is 0 Å². The molecule has 0 unspecified atom stereocenters. The van der Waals surface area contributed by atoms with Gasteiger partial charge in [-0.15, -0.1) is 0 Å². The first-order valence-electron chi connectivity index (χ1n) is 5.80. The highest BCUT2D eigenvalue weighted by atomic mass is 19.4. The molecule has 1 rings (SSSR count). The largest absolute Gasteiger partial charge is 0.466 e. The lowest BCUT2D eigenvalue weighted by Crippen LogP contribution is -2.42. The minimum atomic E-state index is -4.45. The van der Waals surface area contributed by atoms with Crippen molar-refractivity contribution in [2.24, 2.45) is 5.73 Å². The molecule has 0 fully saturated rings. The predicted octanol–water partition coefficient (Wildman–Crippen LogP) is 2.17. The Labute approximate surface area is 109 Å². The number of aryl methyl sites for hydroxylation is 2. The van der Waals surface area contributed by atoms with Crippen LogP contribution >= 0.6 is 0 Å². The van der Waals surface area contributed by atoms with Crippen LogP contribution in [0.25, 0.3) is 0 Å². The zero-order chi connectivity index (χ0) is 14.8. The number of nitrogens with two attached hydrogens (primary N) is 1. The van der Waals surface area contributed by atoms with E-state index in [0.717, 1.165) is 0 Å². The monoisotopic (exact) mass is 278 g/mol. The highest BCUT2D eigenvalue weighted by molar-refractivity contribution is 5.96. The summed E-state index contributed by atoms with van der Waals surface area (Å²) in [5.41, 5.74) is 6.01. The van der Waals surface area contributed by atoms with E-state index in [1.807, 2.05) is 0 Å². The van der Waals surface area contributed by atoms with Gasteiger partial charge in [-0.1, -0.05) is 0 Å². The van der Waals surface area contributed by atoms with E-state index in [4.69, 9.17) is 10.2 Å². The summed E-state index contributed by atoms with van der Waals surface area (Å²) in [5, 5.41) is 0. The van der Waals surface area contributed by atoms with Crippen molar-refractivity contribution in [3.63, 3.8) is 0 Å². The lowest BCUT2D eigenvalue weighted by atomic mass is 10.1. The second-order valence-electron chi connectivity index (χ2n) is 4.34. The SMILES string of the molecule is Cc1oc(C)c(C(=O)N(CCN)CC(F)(F)F)c1C. The topological polar surface area (TPSA) is 59.5 Å². The van der Waals surface area contributed by atoms with Crippen molar-refractivity contribution < 1.29 is 22.4 Å². The fourth-order valence-corrected chi connectivity index (χ4v) is 1.89. The molecule has 0 spiro atoms. The molecule has 108 valence electrons. The number of hydrogen-bond donors (Lipinski definition) is 1. The van der Waals surface area contributed by atoms with Crippen LogP contribution in [0.2, 0.25) is 0 Å². The first-order valence-corrected chi connectivity index (χ1v) is 5.80. The van der Waals surface area contributed by atoms with Gasteiger partial charge in [-0.2, -0.15) is 13.2 Å². The average Bonchev–Trinajstić information content (AvgIpc) is 2.50. The first kappa shape index (κ1) is 15.6. The number of alkyl halides is 3. The van der Waals surface area contributed by atoms with Crippen molar-refractivity contribution in [2.45, 2.75) is 26.9 Å². The van der Waals surface area contributed by atoms with Gasteiger partial charge in [0.15, 0.2) is 0 Å². The summed E-state index contributed by atoms with van der Waals surface area (Å²) in [5.74, 6) is 0.152. The van der Waals surface area contributed by atoms with E-state index in [1.54, 1.807) is 20.8 Å². The first-order chi connectivity index (χ1) is 8.67. The van der Waals surface area contributed by atoms with Crippen LogP contribution < -0.4 is 5.73 Å². The van der Waals surface area contributed by atoms with Crippen molar-refractivity contribution in [3.8, 4) is 0 Å². The van der Waals surface area contributed by atoms with Crippen LogP contribution in [-0.2, 0) is 0 Å². The number of nitrogens with zero attached hydrogens (tertiary/aromatic N) is 1. The summed E-state index contributed by atoms with van der Waals surface area (Å²) in [6, 6.07) is 0. The number of carbonyl (C=O) groups excluding carboxylic acids is 1. The van der Waals surface area contributed by atoms with Gasteiger partial charge >= 0.3 is 6.18 Å². The zero-order valence-electron chi connectivity index (χ0n) is 11.1. The van der Waals surface area contributed by atoms with Crippen LogP contribution in [0.4, 0.5) is 13.2 Å². The van der Waals surface area contributed by atoms with Crippen molar-refractivity contribution in [1.82, 2.24) is 4.90 Å². The minimum Gasteiger partial charge on any atom is -0.466 e. The second-order valence-corrected chi connectivity index (χ2v) is 4.34. The second kappa shape index (κ2) is 5.64. The molecule has 2 N–H and O–H groups in total. The van der Waals surface area contributed by atoms with Gasteiger partial charge in [0.05, 0.1) is 5.56 Å². The number of rotatable bonds is 4. The third-order valence-corrected chi connectivity index (χ3v) is 2.83. The minimum absolute atomic E-state index is 0.0310. The van der Waals surface area contributed by atoms with Crippen molar-refractivity contribution >= 4 is 5.91 Å². The van der Waals surface area contributed by atoms with Gasteiger partial charge in [0.2, 0.25) is 0 Å². The molecule has 0 aliphatic carbocycles. The van der Waals surface area contributed by atoms with Crippen molar-refractivity contribution in [1.29, 1.82) is 0 Å². The number of hydrogen-bond acceptors (Lipinski definition) is 3. The fourth-order valence-electron chi connectivity index (χ4n) is 1.89. The van der Waals surface area contributed by atoms with Gasteiger partial charge in [0.25, 0.3) is 5.91 Å². The van der Waals surface area contributed by atoms with Gasteiger partial charge in [-0.3, -0.25) is 4.79 Å². The molecule has 1 heterocycles. The van der Waals surface area contributed by atoms with Crippen LogP contribution in [-0.4, -0.2) is 36.6 Å². The lowest BCUT2D eigenvalue weighted by molar-refractivity contribution is -0.140. The molecule has 7 heteroatoms. The molecule has 0 aromatic carbocycles. The standard InChI is InChI=1S/C12H17F3N2O2/c1-7-8(2)19-9(3)10(7)11(18)17(5-4-16)6-12(13,14)15/h4-6,16H2,1-3H3. The molecule has 19 heavy (non-hydrogen) atoms. The molecule has 0 bridgehead atoms. The van der Waals surface area contributed by atoms with E-state index in [0.29, 0.717) is 22.0 Å². The number of carbonyl (C=O) groups is 1. The normalized spacial score (nSPS) is 11.7. The quantitative estimate of drug-likeness (QED) is 0.918. The molecular formula is C12H17F3N2O2. The summed E-state index contributed by atoms with van der Waals surface area (Å²) in [6.45, 7) is 3.37. The van der Waals surface area contributed by atoms with Crippen LogP contribution in [0.3, 0.4) is 0 Å². The maximum atomic E-state index is 12.5. The molecule has 0 aliphatic rings. The van der Waals surface area contributed by atoms with Crippen LogP contribution in [0.5, 0.6) is 0 Å².